The summed E-state index contributed by atoms with van der Waals surface area (Å²) in [5, 5.41) is 2.90. The predicted octanol–water partition coefficient (Wildman–Crippen LogP) is 2.47. The maximum atomic E-state index is 12.9. The van der Waals surface area contributed by atoms with E-state index in [1.807, 2.05) is 6.92 Å². The van der Waals surface area contributed by atoms with Crippen LogP contribution in [0.2, 0.25) is 0 Å². The average Bonchev–Trinajstić information content (AvgIpc) is 3.10. The van der Waals surface area contributed by atoms with Crippen molar-refractivity contribution in [1.29, 1.82) is 0 Å². The van der Waals surface area contributed by atoms with Gasteiger partial charge >= 0.3 is 0 Å². The number of carbonyl (C=O) groups is 2. The molecule has 4 atom stereocenters. The monoisotopic (exact) mass is 305 g/mol. The second kappa shape index (κ2) is 6.16. The summed E-state index contributed by atoms with van der Waals surface area (Å²) in [6.45, 7) is 1.81. The van der Waals surface area contributed by atoms with Crippen LogP contribution in [0.5, 0.6) is 0 Å². The highest BCUT2D eigenvalue weighted by Crippen LogP contribution is 2.38. The van der Waals surface area contributed by atoms with Crippen molar-refractivity contribution >= 4 is 11.7 Å². The van der Waals surface area contributed by atoms with Crippen LogP contribution in [0.4, 0.5) is 4.39 Å². The molecule has 0 saturated carbocycles. The first-order valence-corrected chi connectivity index (χ1v) is 7.77. The van der Waals surface area contributed by atoms with Gasteiger partial charge in [0.2, 0.25) is 5.91 Å². The Morgan fingerprint density at radius 2 is 2.05 bits per heavy atom. The lowest BCUT2D eigenvalue weighted by atomic mass is 9.88. The molecule has 0 unspecified atom stereocenters. The summed E-state index contributed by atoms with van der Waals surface area (Å²) in [5.41, 5.74) is 0.464. The van der Waals surface area contributed by atoms with Gasteiger partial charge in [0.25, 0.3) is 0 Å². The van der Waals surface area contributed by atoms with Crippen molar-refractivity contribution in [2.45, 2.75) is 50.9 Å². The van der Waals surface area contributed by atoms with Crippen molar-refractivity contribution in [3.05, 3.63) is 35.6 Å². The highest BCUT2D eigenvalue weighted by atomic mass is 19.1. The first-order valence-electron chi connectivity index (χ1n) is 7.77. The molecule has 2 fully saturated rings. The number of fused-ring (bicyclic) bond motifs is 2. The van der Waals surface area contributed by atoms with Crippen molar-refractivity contribution < 1.29 is 18.7 Å². The van der Waals surface area contributed by atoms with Crippen molar-refractivity contribution in [3.63, 3.8) is 0 Å². The Morgan fingerprint density at radius 3 is 2.64 bits per heavy atom. The van der Waals surface area contributed by atoms with E-state index in [1.54, 1.807) is 0 Å². The molecule has 3 rings (SSSR count). The molecule has 1 aromatic carbocycles. The first kappa shape index (κ1) is 15.2. The standard InChI is InChI=1S/C17H20FNO3/c1-10(8-15(20)11-2-4-12(18)5-3-11)19-17(21)14-9-13-6-7-16(14)22-13/h2-5,10,13-14,16H,6-9H2,1H3,(H,19,21)/t10-,13+,14+,16+/m0/s1. The Labute approximate surface area is 129 Å². The van der Waals surface area contributed by atoms with E-state index < -0.39 is 0 Å². The van der Waals surface area contributed by atoms with Gasteiger partial charge in [-0.1, -0.05) is 0 Å². The molecular formula is C17H20FNO3. The number of Topliss-reactive ketones (excluding diaryl/α,β-unsaturated/α-hetero) is 1. The van der Waals surface area contributed by atoms with Gasteiger partial charge in [-0.3, -0.25) is 9.59 Å². The lowest BCUT2D eigenvalue weighted by molar-refractivity contribution is -0.127. The fourth-order valence-corrected chi connectivity index (χ4v) is 3.35. The van der Waals surface area contributed by atoms with Crippen LogP contribution >= 0.6 is 0 Å². The van der Waals surface area contributed by atoms with Gasteiger partial charge in [0.05, 0.1) is 18.1 Å². The van der Waals surface area contributed by atoms with E-state index >= 15 is 0 Å². The first-order chi connectivity index (χ1) is 10.5. The number of hydrogen-bond donors (Lipinski definition) is 1. The molecule has 0 aromatic heterocycles. The van der Waals surface area contributed by atoms with Crippen LogP contribution < -0.4 is 5.32 Å². The third-order valence-electron chi connectivity index (χ3n) is 4.49. The molecule has 0 aliphatic carbocycles. The van der Waals surface area contributed by atoms with Crippen LogP contribution in [-0.4, -0.2) is 29.9 Å². The van der Waals surface area contributed by atoms with Gasteiger partial charge in [0.15, 0.2) is 5.78 Å². The van der Waals surface area contributed by atoms with Crippen LogP contribution in [0, 0.1) is 11.7 Å². The Morgan fingerprint density at radius 1 is 1.32 bits per heavy atom. The third-order valence-corrected chi connectivity index (χ3v) is 4.49. The molecule has 1 N–H and O–H groups in total. The van der Waals surface area contributed by atoms with E-state index in [9.17, 15) is 14.0 Å². The number of benzene rings is 1. The molecular weight excluding hydrogens is 285 g/mol. The number of rotatable bonds is 5. The number of amides is 1. The SMILES string of the molecule is C[C@@H](CC(=O)c1ccc(F)cc1)NC(=O)[C@@H]1C[C@H]2CC[C@H]1O2. The molecule has 2 aliphatic rings. The lowest BCUT2D eigenvalue weighted by Gasteiger charge is -2.21. The van der Waals surface area contributed by atoms with Crippen LogP contribution in [0.15, 0.2) is 24.3 Å². The number of carbonyl (C=O) groups excluding carboxylic acids is 2. The van der Waals surface area contributed by atoms with E-state index in [1.165, 1.54) is 24.3 Å². The summed E-state index contributed by atoms with van der Waals surface area (Å²) < 4.78 is 18.5. The second-order valence-electron chi connectivity index (χ2n) is 6.26. The van der Waals surface area contributed by atoms with E-state index in [0.717, 1.165) is 19.3 Å². The minimum absolute atomic E-state index is 0.0217. The van der Waals surface area contributed by atoms with Crippen LogP contribution in [-0.2, 0) is 9.53 Å². The molecule has 4 nitrogen and oxygen atoms in total. The zero-order valence-electron chi connectivity index (χ0n) is 12.5. The van der Waals surface area contributed by atoms with E-state index in [4.69, 9.17) is 4.74 Å². The summed E-state index contributed by atoms with van der Waals surface area (Å²) in [6, 6.07) is 5.22. The maximum absolute atomic E-state index is 12.9. The molecule has 2 bridgehead atoms. The molecule has 1 amide bonds. The van der Waals surface area contributed by atoms with Gasteiger partial charge in [-0.25, -0.2) is 4.39 Å². The number of ether oxygens (including phenoxy) is 1. The van der Waals surface area contributed by atoms with Crippen molar-refractivity contribution in [2.24, 2.45) is 5.92 Å². The molecule has 2 saturated heterocycles. The number of nitrogens with one attached hydrogen (secondary N) is 1. The van der Waals surface area contributed by atoms with Gasteiger partial charge in [0, 0.05) is 18.0 Å². The number of hydrogen-bond acceptors (Lipinski definition) is 3. The summed E-state index contributed by atoms with van der Waals surface area (Å²) in [4.78, 5) is 24.4. The fourth-order valence-electron chi connectivity index (χ4n) is 3.35. The minimum Gasteiger partial charge on any atom is -0.374 e. The van der Waals surface area contributed by atoms with Crippen molar-refractivity contribution in [1.82, 2.24) is 5.32 Å². The van der Waals surface area contributed by atoms with Gasteiger partial charge in [-0.15, -0.1) is 0 Å². The molecule has 2 heterocycles. The van der Waals surface area contributed by atoms with E-state index in [2.05, 4.69) is 5.32 Å². The van der Waals surface area contributed by atoms with E-state index in [0.29, 0.717) is 5.56 Å². The largest absolute Gasteiger partial charge is 0.374 e. The predicted molar refractivity (Wildman–Crippen MR) is 79.0 cm³/mol. The molecule has 5 heteroatoms. The molecule has 2 aliphatic heterocycles. The smallest absolute Gasteiger partial charge is 0.226 e. The topological polar surface area (TPSA) is 55.4 Å². The summed E-state index contributed by atoms with van der Waals surface area (Å²) in [7, 11) is 0. The molecule has 1 aromatic rings. The quantitative estimate of drug-likeness (QED) is 0.850. The Bertz CT molecular complexity index is 572. The minimum atomic E-state index is -0.366. The fraction of sp³-hybridized carbons (Fsp3) is 0.529. The molecule has 0 spiro atoms. The van der Waals surface area contributed by atoms with E-state index in [-0.39, 0.29) is 48.1 Å². The summed E-state index contributed by atoms with van der Waals surface area (Å²) >= 11 is 0. The normalized spacial score (nSPS) is 27.6. The van der Waals surface area contributed by atoms with Crippen LogP contribution in [0.25, 0.3) is 0 Å². The lowest BCUT2D eigenvalue weighted by Crippen LogP contribution is -2.41. The zero-order valence-corrected chi connectivity index (χ0v) is 12.5. The van der Waals surface area contributed by atoms with Gasteiger partial charge in [-0.05, 0) is 50.5 Å². The third kappa shape index (κ3) is 3.19. The summed E-state index contributed by atoms with van der Waals surface area (Å²) in [6.07, 6.45) is 3.27. The highest BCUT2D eigenvalue weighted by molar-refractivity contribution is 5.96. The molecule has 0 radical (unpaired) electrons. The number of halogens is 1. The molecule has 118 valence electrons. The number of ketones is 1. The molecule has 22 heavy (non-hydrogen) atoms. The van der Waals surface area contributed by atoms with Crippen molar-refractivity contribution in [2.75, 3.05) is 0 Å². The van der Waals surface area contributed by atoms with Gasteiger partial charge in [-0.2, -0.15) is 0 Å². The van der Waals surface area contributed by atoms with Crippen LogP contribution in [0.3, 0.4) is 0 Å². The highest BCUT2D eigenvalue weighted by Gasteiger charge is 2.44. The average molecular weight is 305 g/mol. The Balaban J connectivity index is 1.51. The maximum Gasteiger partial charge on any atom is 0.226 e. The van der Waals surface area contributed by atoms with Gasteiger partial charge in [0.1, 0.15) is 5.82 Å². The second-order valence-corrected chi connectivity index (χ2v) is 6.26. The van der Waals surface area contributed by atoms with Crippen LogP contribution in [0.1, 0.15) is 43.0 Å². The van der Waals surface area contributed by atoms with Gasteiger partial charge < -0.3 is 10.1 Å². The zero-order chi connectivity index (χ0) is 15.7. The summed E-state index contributed by atoms with van der Waals surface area (Å²) in [5.74, 6) is -0.570. The Hall–Kier alpha value is -1.75. The van der Waals surface area contributed by atoms with Crippen molar-refractivity contribution in [3.8, 4) is 0 Å². The Kier molecular flexibility index (Phi) is 4.25.